The van der Waals surface area contributed by atoms with Gasteiger partial charge in [-0.25, -0.2) is 17.2 Å². The van der Waals surface area contributed by atoms with Crippen LogP contribution >= 0.6 is 0 Å². The molecule has 0 bridgehead atoms. The van der Waals surface area contributed by atoms with E-state index < -0.39 is 26.6 Å². The first kappa shape index (κ1) is 17.3. The van der Waals surface area contributed by atoms with Gasteiger partial charge < -0.3 is 4.90 Å². The van der Waals surface area contributed by atoms with E-state index >= 15 is 0 Å². The maximum absolute atomic E-state index is 13.8. The second kappa shape index (κ2) is 6.79. The fourth-order valence-corrected chi connectivity index (χ4v) is 3.95. The van der Waals surface area contributed by atoms with Gasteiger partial charge in [-0.2, -0.15) is 0 Å². The van der Waals surface area contributed by atoms with Gasteiger partial charge in [-0.15, -0.1) is 0 Å². The number of amides is 1. The molecule has 5 nitrogen and oxygen atoms in total. The number of benzene rings is 2. The van der Waals surface area contributed by atoms with Gasteiger partial charge >= 0.3 is 0 Å². The Balaban J connectivity index is 1.90. The highest BCUT2D eigenvalue weighted by atomic mass is 32.2. The molecule has 2 aromatic rings. The van der Waals surface area contributed by atoms with Crippen LogP contribution in [0, 0.1) is 11.6 Å². The maximum Gasteiger partial charge on any atom is 0.267 e. The molecule has 8 heteroatoms. The fourth-order valence-electron chi connectivity index (χ4n) is 2.76. The lowest BCUT2D eigenvalue weighted by Gasteiger charge is -2.27. The molecule has 0 saturated carbocycles. The van der Waals surface area contributed by atoms with Gasteiger partial charge in [0.1, 0.15) is 11.6 Å². The Hall–Kier alpha value is -2.48. The van der Waals surface area contributed by atoms with Crippen LogP contribution in [0.4, 0.5) is 20.2 Å². The largest absolute Gasteiger partial charge is 0.312 e. The number of hydrogen-bond donors (Lipinski definition) is 1. The van der Waals surface area contributed by atoms with Crippen molar-refractivity contribution in [1.29, 1.82) is 0 Å². The molecule has 3 rings (SSSR count). The summed E-state index contributed by atoms with van der Waals surface area (Å²) in [6, 6.07) is 9.03. The van der Waals surface area contributed by atoms with Crippen LogP contribution in [-0.4, -0.2) is 20.9 Å². The molecule has 0 atom stereocenters. The van der Waals surface area contributed by atoms with Gasteiger partial charge in [0.2, 0.25) is 5.91 Å². The van der Waals surface area contributed by atoms with E-state index in [4.69, 9.17) is 0 Å². The Labute approximate surface area is 144 Å². The van der Waals surface area contributed by atoms with E-state index in [1.807, 2.05) is 0 Å². The number of sulfonamides is 1. The topological polar surface area (TPSA) is 66.5 Å². The van der Waals surface area contributed by atoms with Crippen molar-refractivity contribution in [3.8, 4) is 0 Å². The average Bonchev–Trinajstić information content (AvgIpc) is 2.54. The van der Waals surface area contributed by atoms with Crippen LogP contribution < -0.4 is 9.62 Å². The molecular weight excluding hydrogens is 350 g/mol. The molecule has 1 amide bonds. The van der Waals surface area contributed by atoms with E-state index in [-0.39, 0.29) is 11.6 Å². The SMILES string of the molecule is O=C1CCCCN1c1cccc(NS(=O)(=O)c2c(F)cccc2F)c1. The first-order valence-electron chi connectivity index (χ1n) is 7.76. The Morgan fingerprint density at radius 3 is 2.36 bits per heavy atom. The molecule has 1 saturated heterocycles. The van der Waals surface area contributed by atoms with E-state index in [9.17, 15) is 22.0 Å². The third-order valence-corrected chi connectivity index (χ3v) is 5.35. The number of piperidine rings is 1. The first-order valence-corrected chi connectivity index (χ1v) is 9.24. The number of rotatable bonds is 4. The molecule has 2 aromatic carbocycles. The average molecular weight is 366 g/mol. The number of carbonyl (C=O) groups is 1. The van der Waals surface area contributed by atoms with Gasteiger partial charge in [-0.05, 0) is 43.2 Å². The predicted octanol–water partition coefficient (Wildman–Crippen LogP) is 3.28. The Morgan fingerprint density at radius 1 is 1.00 bits per heavy atom. The summed E-state index contributed by atoms with van der Waals surface area (Å²) in [5.41, 5.74) is 0.664. The molecule has 0 unspecified atom stereocenters. The van der Waals surface area contributed by atoms with Gasteiger partial charge in [0.25, 0.3) is 10.0 Å². The van der Waals surface area contributed by atoms with E-state index in [1.54, 1.807) is 17.0 Å². The van der Waals surface area contributed by atoms with E-state index in [0.29, 0.717) is 18.7 Å². The number of hydrogen-bond acceptors (Lipinski definition) is 3. The van der Waals surface area contributed by atoms with Crippen LogP contribution in [0.3, 0.4) is 0 Å². The van der Waals surface area contributed by atoms with Crippen molar-refractivity contribution in [1.82, 2.24) is 0 Å². The quantitative estimate of drug-likeness (QED) is 0.903. The van der Waals surface area contributed by atoms with Crippen molar-refractivity contribution in [2.75, 3.05) is 16.2 Å². The van der Waals surface area contributed by atoms with Crippen LogP contribution in [0.1, 0.15) is 19.3 Å². The van der Waals surface area contributed by atoms with Crippen molar-refractivity contribution in [3.05, 3.63) is 54.1 Å². The van der Waals surface area contributed by atoms with Crippen molar-refractivity contribution in [2.24, 2.45) is 0 Å². The number of halogens is 2. The standard InChI is InChI=1S/C17H16F2N2O3S/c18-14-7-4-8-15(19)17(14)25(23,24)20-12-5-3-6-13(11-12)21-10-2-1-9-16(21)22/h3-8,11,20H,1-2,9-10H2. The highest BCUT2D eigenvalue weighted by Gasteiger charge is 2.25. The highest BCUT2D eigenvalue weighted by Crippen LogP contribution is 2.26. The molecule has 0 aliphatic carbocycles. The summed E-state index contributed by atoms with van der Waals surface area (Å²) in [5.74, 6) is -2.38. The molecule has 1 aliphatic heterocycles. The zero-order chi connectivity index (χ0) is 18.0. The minimum atomic E-state index is -4.44. The smallest absolute Gasteiger partial charge is 0.267 e. The molecule has 0 radical (unpaired) electrons. The second-order valence-corrected chi connectivity index (χ2v) is 7.33. The van der Waals surface area contributed by atoms with E-state index in [0.717, 1.165) is 31.0 Å². The van der Waals surface area contributed by atoms with Crippen LogP contribution in [-0.2, 0) is 14.8 Å². The molecule has 1 fully saturated rings. The monoisotopic (exact) mass is 366 g/mol. The summed E-state index contributed by atoms with van der Waals surface area (Å²) in [6.45, 7) is 0.553. The normalized spacial score (nSPS) is 15.3. The zero-order valence-corrected chi connectivity index (χ0v) is 14.0. The summed E-state index contributed by atoms with van der Waals surface area (Å²) in [7, 11) is -4.44. The molecule has 1 aliphatic rings. The number of nitrogens with zero attached hydrogens (tertiary/aromatic N) is 1. The lowest BCUT2D eigenvalue weighted by atomic mass is 10.1. The summed E-state index contributed by atoms with van der Waals surface area (Å²) >= 11 is 0. The number of carbonyl (C=O) groups excluding carboxylic acids is 1. The van der Waals surface area contributed by atoms with Crippen LogP contribution in [0.5, 0.6) is 0 Å². The lowest BCUT2D eigenvalue weighted by Crippen LogP contribution is -2.35. The number of nitrogens with one attached hydrogen (secondary N) is 1. The lowest BCUT2D eigenvalue weighted by molar-refractivity contribution is -0.119. The number of anilines is 2. The Bertz CT molecular complexity index is 896. The second-order valence-electron chi connectivity index (χ2n) is 5.71. The van der Waals surface area contributed by atoms with Gasteiger partial charge in [0.05, 0.1) is 5.69 Å². The minimum absolute atomic E-state index is 0.0357. The van der Waals surface area contributed by atoms with Crippen LogP contribution in [0.25, 0.3) is 0 Å². The summed E-state index contributed by atoms with van der Waals surface area (Å²) in [6.07, 6.45) is 2.13. The van der Waals surface area contributed by atoms with Crippen molar-refractivity contribution >= 4 is 27.3 Å². The predicted molar refractivity (Wildman–Crippen MR) is 89.8 cm³/mol. The zero-order valence-electron chi connectivity index (χ0n) is 13.2. The van der Waals surface area contributed by atoms with Gasteiger partial charge in [-0.3, -0.25) is 9.52 Å². The molecule has 0 aromatic heterocycles. The van der Waals surface area contributed by atoms with Gasteiger partial charge in [0, 0.05) is 18.7 Å². The van der Waals surface area contributed by atoms with Crippen LogP contribution in [0.2, 0.25) is 0 Å². The van der Waals surface area contributed by atoms with Crippen LogP contribution in [0.15, 0.2) is 47.4 Å². The Kier molecular flexibility index (Phi) is 4.71. The molecule has 132 valence electrons. The van der Waals surface area contributed by atoms with Crippen molar-refractivity contribution in [3.63, 3.8) is 0 Å². The molecular formula is C17H16F2N2O3S. The Morgan fingerprint density at radius 2 is 1.68 bits per heavy atom. The maximum atomic E-state index is 13.8. The molecule has 1 N–H and O–H groups in total. The van der Waals surface area contributed by atoms with E-state index in [2.05, 4.69) is 4.72 Å². The fraction of sp³-hybridized carbons (Fsp3) is 0.235. The molecule has 1 heterocycles. The minimum Gasteiger partial charge on any atom is -0.312 e. The summed E-state index contributed by atoms with van der Waals surface area (Å²) in [4.78, 5) is 12.5. The van der Waals surface area contributed by atoms with Crippen molar-refractivity contribution in [2.45, 2.75) is 24.2 Å². The molecule has 0 spiro atoms. The van der Waals surface area contributed by atoms with Crippen molar-refractivity contribution < 1.29 is 22.0 Å². The summed E-state index contributed by atoms with van der Waals surface area (Å²) in [5, 5.41) is 0. The molecule has 25 heavy (non-hydrogen) atoms. The van der Waals surface area contributed by atoms with Gasteiger partial charge in [0.15, 0.2) is 4.90 Å². The summed E-state index contributed by atoms with van der Waals surface area (Å²) < 4.78 is 54.3. The third-order valence-electron chi connectivity index (χ3n) is 3.92. The van der Waals surface area contributed by atoms with E-state index in [1.165, 1.54) is 12.1 Å². The van der Waals surface area contributed by atoms with Gasteiger partial charge in [-0.1, -0.05) is 12.1 Å². The third kappa shape index (κ3) is 3.63. The highest BCUT2D eigenvalue weighted by molar-refractivity contribution is 7.92. The first-order chi connectivity index (χ1) is 11.9.